The van der Waals surface area contributed by atoms with E-state index in [0.29, 0.717) is 12.7 Å². The fraction of sp³-hybridized carbons (Fsp3) is 0.833. The molecule has 2 unspecified atom stereocenters. The molecule has 0 aliphatic rings. The lowest BCUT2D eigenvalue weighted by atomic mass is 10.1. The number of unbranched alkanes of at least 4 members (excludes halogenated alkanes) is 2. The average Bonchev–Trinajstić information content (AvgIpc) is 2.13. The minimum atomic E-state index is -0.149. The normalized spacial score (nSPS) is 15.1. The molecule has 0 saturated carbocycles. The molecule has 0 aromatic rings. The van der Waals surface area contributed by atoms with Gasteiger partial charge in [0.1, 0.15) is 0 Å². The van der Waals surface area contributed by atoms with Gasteiger partial charge in [-0.3, -0.25) is 0 Å². The molecule has 2 nitrogen and oxygen atoms in total. The van der Waals surface area contributed by atoms with Crippen LogP contribution < -0.4 is 0 Å². The van der Waals surface area contributed by atoms with Crippen LogP contribution in [0.5, 0.6) is 0 Å². The Bertz CT molecular complexity index is 132. The van der Waals surface area contributed by atoms with E-state index in [1.54, 1.807) is 6.08 Å². The molecule has 0 bridgehead atoms. The van der Waals surface area contributed by atoms with Crippen molar-refractivity contribution in [3.63, 3.8) is 0 Å². The summed E-state index contributed by atoms with van der Waals surface area (Å²) in [5.41, 5.74) is 0. The largest absolute Gasteiger partial charge is 0.393 e. The Kier molecular flexibility index (Phi) is 9.00. The lowest BCUT2D eigenvalue weighted by Crippen LogP contribution is -2.08. The van der Waals surface area contributed by atoms with Crippen molar-refractivity contribution in [3.8, 4) is 0 Å². The molecule has 0 aliphatic heterocycles. The van der Waals surface area contributed by atoms with Crippen molar-refractivity contribution in [1.82, 2.24) is 0 Å². The van der Waals surface area contributed by atoms with Gasteiger partial charge >= 0.3 is 0 Å². The van der Waals surface area contributed by atoms with E-state index in [2.05, 4.69) is 13.5 Å². The molecule has 0 fully saturated rings. The predicted octanol–water partition coefficient (Wildman–Crippen LogP) is 2.91. The first-order valence-corrected chi connectivity index (χ1v) is 5.57. The van der Waals surface area contributed by atoms with Crippen LogP contribution in [0.3, 0.4) is 0 Å². The number of hydrogen-bond donors (Lipinski definition) is 1. The fourth-order valence-corrected chi connectivity index (χ4v) is 1.36. The Morgan fingerprint density at radius 1 is 1.21 bits per heavy atom. The van der Waals surface area contributed by atoms with Gasteiger partial charge in [-0.15, -0.1) is 6.58 Å². The molecule has 0 radical (unpaired) electrons. The maximum atomic E-state index is 9.04. The lowest BCUT2D eigenvalue weighted by molar-refractivity contribution is 0.0796. The van der Waals surface area contributed by atoms with E-state index in [1.165, 1.54) is 12.8 Å². The van der Waals surface area contributed by atoms with Crippen LogP contribution in [0.4, 0.5) is 0 Å². The van der Waals surface area contributed by atoms with Gasteiger partial charge in [-0.2, -0.15) is 0 Å². The van der Waals surface area contributed by atoms with Gasteiger partial charge in [0, 0.05) is 0 Å². The van der Waals surface area contributed by atoms with Crippen LogP contribution in [0.25, 0.3) is 0 Å². The molecule has 14 heavy (non-hydrogen) atoms. The number of ether oxygens (including phenoxy) is 1. The third-order valence-electron chi connectivity index (χ3n) is 2.23. The van der Waals surface area contributed by atoms with Crippen molar-refractivity contribution in [1.29, 1.82) is 0 Å². The van der Waals surface area contributed by atoms with Gasteiger partial charge in [0.15, 0.2) is 0 Å². The van der Waals surface area contributed by atoms with Gasteiger partial charge in [0.2, 0.25) is 0 Å². The first kappa shape index (κ1) is 13.7. The van der Waals surface area contributed by atoms with Crippen molar-refractivity contribution in [3.05, 3.63) is 12.7 Å². The minimum Gasteiger partial charge on any atom is -0.393 e. The third kappa shape index (κ3) is 9.75. The van der Waals surface area contributed by atoms with Crippen LogP contribution >= 0.6 is 0 Å². The summed E-state index contributed by atoms with van der Waals surface area (Å²) in [4.78, 5) is 0. The standard InChI is InChI=1S/C12H24O2/c1-4-10-14-12(3)9-7-5-6-8-11(2)13/h4,11-13H,1,5-10H2,2-3H3. The second kappa shape index (κ2) is 9.22. The van der Waals surface area contributed by atoms with Crippen LogP contribution in [0, 0.1) is 0 Å². The number of hydrogen-bond acceptors (Lipinski definition) is 2. The average molecular weight is 200 g/mol. The minimum absolute atomic E-state index is 0.149. The second-order valence-corrected chi connectivity index (χ2v) is 3.92. The molecule has 1 N–H and O–H groups in total. The van der Waals surface area contributed by atoms with Gasteiger partial charge in [0.25, 0.3) is 0 Å². The van der Waals surface area contributed by atoms with Crippen LogP contribution in [0.1, 0.15) is 46.0 Å². The summed E-state index contributed by atoms with van der Waals surface area (Å²) in [5, 5.41) is 9.04. The van der Waals surface area contributed by atoms with E-state index in [0.717, 1.165) is 19.3 Å². The number of aliphatic hydroxyl groups excluding tert-OH is 1. The van der Waals surface area contributed by atoms with Gasteiger partial charge in [-0.25, -0.2) is 0 Å². The summed E-state index contributed by atoms with van der Waals surface area (Å²) in [6.45, 7) is 8.20. The Labute approximate surface area is 88.0 Å². The molecule has 2 heteroatoms. The quantitative estimate of drug-likeness (QED) is 0.458. The molecule has 0 amide bonds. The maximum Gasteiger partial charge on any atom is 0.0648 e. The van der Waals surface area contributed by atoms with E-state index in [4.69, 9.17) is 9.84 Å². The molecule has 0 saturated heterocycles. The molecular weight excluding hydrogens is 176 g/mol. The zero-order chi connectivity index (χ0) is 10.8. The Morgan fingerprint density at radius 2 is 1.86 bits per heavy atom. The van der Waals surface area contributed by atoms with Crippen LogP contribution in [0.2, 0.25) is 0 Å². The van der Waals surface area contributed by atoms with Gasteiger partial charge < -0.3 is 9.84 Å². The first-order chi connectivity index (χ1) is 6.66. The van der Waals surface area contributed by atoms with Crippen molar-refractivity contribution in [2.75, 3.05) is 6.61 Å². The monoisotopic (exact) mass is 200 g/mol. The summed E-state index contributed by atoms with van der Waals surface area (Å²) in [6.07, 6.45) is 7.48. The zero-order valence-corrected chi connectivity index (χ0v) is 9.54. The molecule has 0 spiro atoms. The van der Waals surface area contributed by atoms with Crippen LogP contribution in [-0.2, 0) is 4.74 Å². The molecule has 84 valence electrons. The number of aliphatic hydroxyl groups is 1. The van der Waals surface area contributed by atoms with Crippen molar-refractivity contribution < 1.29 is 9.84 Å². The molecule has 2 atom stereocenters. The first-order valence-electron chi connectivity index (χ1n) is 5.57. The molecule has 0 aromatic carbocycles. The molecule has 0 rings (SSSR count). The van der Waals surface area contributed by atoms with Crippen molar-refractivity contribution in [2.45, 2.75) is 58.2 Å². The molecule has 0 aromatic heterocycles. The highest BCUT2D eigenvalue weighted by Gasteiger charge is 2.01. The summed E-state index contributed by atoms with van der Waals surface area (Å²) >= 11 is 0. The van der Waals surface area contributed by atoms with Gasteiger partial charge in [-0.1, -0.05) is 25.3 Å². The molecule has 0 heterocycles. The number of rotatable bonds is 9. The topological polar surface area (TPSA) is 29.5 Å². The van der Waals surface area contributed by atoms with E-state index >= 15 is 0 Å². The summed E-state index contributed by atoms with van der Waals surface area (Å²) in [6, 6.07) is 0. The maximum absolute atomic E-state index is 9.04. The van der Waals surface area contributed by atoms with E-state index in [9.17, 15) is 0 Å². The molecular formula is C12H24O2. The van der Waals surface area contributed by atoms with E-state index in [1.807, 2.05) is 6.92 Å². The Balaban J connectivity index is 3.14. The van der Waals surface area contributed by atoms with Crippen LogP contribution in [0.15, 0.2) is 12.7 Å². The zero-order valence-electron chi connectivity index (χ0n) is 9.54. The summed E-state index contributed by atoms with van der Waals surface area (Å²) in [7, 11) is 0. The van der Waals surface area contributed by atoms with Crippen LogP contribution in [-0.4, -0.2) is 23.9 Å². The predicted molar refractivity (Wildman–Crippen MR) is 60.4 cm³/mol. The highest BCUT2D eigenvalue weighted by molar-refractivity contribution is 4.65. The van der Waals surface area contributed by atoms with Gasteiger partial charge in [0.05, 0.1) is 18.8 Å². The molecule has 0 aliphatic carbocycles. The summed E-state index contributed by atoms with van der Waals surface area (Å²) < 4.78 is 5.45. The smallest absolute Gasteiger partial charge is 0.0648 e. The fourth-order valence-electron chi connectivity index (χ4n) is 1.36. The van der Waals surface area contributed by atoms with Gasteiger partial charge in [-0.05, 0) is 26.7 Å². The van der Waals surface area contributed by atoms with E-state index < -0.39 is 0 Å². The second-order valence-electron chi connectivity index (χ2n) is 3.92. The van der Waals surface area contributed by atoms with Crippen molar-refractivity contribution >= 4 is 0 Å². The summed E-state index contributed by atoms with van der Waals surface area (Å²) in [5.74, 6) is 0. The SMILES string of the molecule is C=CCOC(C)CCCCCC(C)O. The third-order valence-corrected chi connectivity index (χ3v) is 2.23. The Morgan fingerprint density at radius 3 is 2.43 bits per heavy atom. The Hall–Kier alpha value is -0.340. The van der Waals surface area contributed by atoms with Crippen molar-refractivity contribution in [2.24, 2.45) is 0 Å². The highest BCUT2D eigenvalue weighted by atomic mass is 16.5. The lowest BCUT2D eigenvalue weighted by Gasteiger charge is -2.11. The van der Waals surface area contributed by atoms with E-state index in [-0.39, 0.29) is 6.10 Å². The highest BCUT2D eigenvalue weighted by Crippen LogP contribution is 2.09.